The van der Waals surface area contributed by atoms with Crippen LogP contribution in [0.4, 0.5) is 10.5 Å². The summed E-state index contributed by atoms with van der Waals surface area (Å²) in [6.45, 7) is 9.53. The van der Waals surface area contributed by atoms with Gasteiger partial charge in [0.1, 0.15) is 5.60 Å². The molecule has 0 radical (unpaired) electrons. The third kappa shape index (κ3) is 4.82. The van der Waals surface area contributed by atoms with Gasteiger partial charge in [0.2, 0.25) is 0 Å². The molecular formula is C14H20N4O2. The Hall–Kier alpha value is -2.20. The van der Waals surface area contributed by atoms with Crippen LogP contribution in [-0.2, 0) is 11.3 Å². The van der Waals surface area contributed by atoms with Gasteiger partial charge in [-0.05, 0) is 62.9 Å². The van der Waals surface area contributed by atoms with Gasteiger partial charge in [-0.2, -0.15) is 0 Å². The molecule has 0 fully saturated rings. The Morgan fingerprint density at radius 1 is 1.40 bits per heavy atom. The first-order chi connectivity index (χ1) is 9.23. The topological polar surface area (TPSA) is 87.1 Å². The Morgan fingerprint density at radius 2 is 2.05 bits per heavy atom. The maximum absolute atomic E-state index is 11.8. The van der Waals surface area contributed by atoms with Crippen molar-refractivity contribution >= 4 is 11.8 Å². The lowest BCUT2D eigenvalue weighted by Crippen LogP contribution is -2.27. The highest BCUT2D eigenvalue weighted by molar-refractivity contribution is 5.86. The van der Waals surface area contributed by atoms with Gasteiger partial charge >= 0.3 is 6.09 Å². The maximum atomic E-state index is 11.8. The van der Waals surface area contributed by atoms with Crippen molar-refractivity contribution in [2.75, 3.05) is 5.32 Å². The molecule has 0 aromatic heterocycles. The van der Waals surface area contributed by atoms with E-state index in [-0.39, 0.29) is 6.54 Å². The molecule has 0 bridgehead atoms. The first-order valence-electron chi connectivity index (χ1n) is 6.34. The standard InChI is InChI=1S/C14H20N4O2/c1-9-6-11(8-16-18-15)7-12(10(9)2)17-13(19)20-14(3,4)5/h6-7H,8H2,1-5H3,(H,17,19). The number of carbonyl (C=O) groups excluding carboxylic acids is 1. The zero-order valence-electron chi connectivity index (χ0n) is 12.5. The number of nitrogens with zero attached hydrogens (tertiary/aromatic N) is 3. The van der Waals surface area contributed by atoms with E-state index in [0.29, 0.717) is 5.69 Å². The molecule has 1 N–H and O–H groups in total. The van der Waals surface area contributed by atoms with Crippen LogP contribution in [0.15, 0.2) is 17.2 Å². The van der Waals surface area contributed by atoms with Crippen molar-refractivity contribution in [1.82, 2.24) is 0 Å². The van der Waals surface area contributed by atoms with E-state index in [4.69, 9.17) is 10.3 Å². The van der Waals surface area contributed by atoms with E-state index in [1.165, 1.54) is 0 Å². The normalized spacial score (nSPS) is 10.7. The number of amides is 1. The second-order valence-corrected chi connectivity index (χ2v) is 5.60. The summed E-state index contributed by atoms with van der Waals surface area (Å²) in [7, 11) is 0. The molecule has 0 aliphatic heterocycles. The molecule has 0 saturated heterocycles. The molecule has 1 amide bonds. The third-order valence-electron chi connectivity index (χ3n) is 2.68. The van der Waals surface area contributed by atoms with Gasteiger partial charge in [-0.25, -0.2) is 4.79 Å². The summed E-state index contributed by atoms with van der Waals surface area (Å²) < 4.78 is 5.23. The fourth-order valence-corrected chi connectivity index (χ4v) is 1.68. The maximum Gasteiger partial charge on any atom is 0.412 e. The van der Waals surface area contributed by atoms with Crippen LogP contribution in [0.25, 0.3) is 10.4 Å². The highest BCUT2D eigenvalue weighted by Crippen LogP contribution is 2.22. The van der Waals surface area contributed by atoms with E-state index in [0.717, 1.165) is 16.7 Å². The number of ether oxygens (including phenoxy) is 1. The summed E-state index contributed by atoms with van der Waals surface area (Å²) in [6.07, 6.45) is -0.499. The Labute approximate surface area is 118 Å². The number of nitrogens with one attached hydrogen (secondary N) is 1. The summed E-state index contributed by atoms with van der Waals surface area (Å²) in [5, 5.41) is 6.26. The van der Waals surface area contributed by atoms with Gasteiger partial charge in [0, 0.05) is 10.6 Å². The Balaban J connectivity index is 2.96. The fraction of sp³-hybridized carbons (Fsp3) is 0.500. The third-order valence-corrected chi connectivity index (χ3v) is 2.68. The number of aryl methyl sites for hydroxylation is 1. The molecule has 0 spiro atoms. The molecule has 6 nitrogen and oxygen atoms in total. The molecule has 0 heterocycles. The van der Waals surface area contributed by atoms with Crippen molar-refractivity contribution in [2.24, 2.45) is 5.11 Å². The molecule has 108 valence electrons. The van der Waals surface area contributed by atoms with Gasteiger partial charge in [-0.3, -0.25) is 5.32 Å². The fourth-order valence-electron chi connectivity index (χ4n) is 1.68. The van der Waals surface area contributed by atoms with E-state index < -0.39 is 11.7 Å². The van der Waals surface area contributed by atoms with Crippen molar-refractivity contribution in [1.29, 1.82) is 0 Å². The van der Waals surface area contributed by atoms with Gasteiger partial charge in [0.15, 0.2) is 0 Å². The minimum Gasteiger partial charge on any atom is -0.444 e. The lowest BCUT2D eigenvalue weighted by Gasteiger charge is -2.20. The summed E-state index contributed by atoms with van der Waals surface area (Å²) in [4.78, 5) is 14.5. The molecule has 1 rings (SSSR count). The van der Waals surface area contributed by atoms with Crippen molar-refractivity contribution in [3.8, 4) is 0 Å². The Morgan fingerprint density at radius 3 is 2.60 bits per heavy atom. The molecular weight excluding hydrogens is 256 g/mol. The zero-order chi connectivity index (χ0) is 15.3. The smallest absolute Gasteiger partial charge is 0.412 e. The van der Waals surface area contributed by atoms with Crippen molar-refractivity contribution < 1.29 is 9.53 Å². The monoisotopic (exact) mass is 276 g/mol. The van der Waals surface area contributed by atoms with Crippen LogP contribution in [-0.4, -0.2) is 11.7 Å². The van der Waals surface area contributed by atoms with Crippen LogP contribution in [0, 0.1) is 13.8 Å². The zero-order valence-corrected chi connectivity index (χ0v) is 12.5. The minimum absolute atomic E-state index is 0.251. The first-order valence-corrected chi connectivity index (χ1v) is 6.34. The average Bonchev–Trinajstić information content (AvgIpc) is 2.30. The molecule has 0 unspecified atom stereocenters. The van der Waals surface area contributed by atoms with Crippen LogP contribution < -0.4 is 5.32 Å². The number of rotatable bonds is 3. The van der Waals surface area contributed by atoms with Gasteiger partial charge in [0.05, 0.1) is 6.54 Å². The number of hydrogen-bond donors (Lipinski definition) is 1. The van der Waals surface area contributed by atoms with Crippen LogP contribution >= 0.6 is 0 Å². The average molecular weight is 276 g/mol. The lowest BCUT2D eigenvalue weighted by molar-refractivity contribution is 0.0636. The second-order valence-electron chi connectivity index (χ2n) is 5.60. The highest BCUT2D eigenvalue weighted by Gasteiger charge is 2.17. The Bertz CT molecular complexity index is 555. The highest BCUT2D eigenvalue weighted by atomic mass is 16.6. The molecule has 1 aromatic carbocycles. The number of anilines is 1. The number of benzene rings is 1. The molecule has 0 aliphatic rings. The summed E-state index contributed by atoms with van der Waals surface area (Å²) in [5.74, 6) is 0. The molecule has 1 aromatic rings. The number of hydrogen-bond acceptors (Lipinski definition) is 3. The van der Waals surface area contributed by atoms with E-state index in [1.807, 2.05) is 40.7 Å². The summed E-state index contributed by atoms with van der Waals surface area (Å²) in [6, 6.07) is 3.73. The molecule has 20 heavy (non-hydrogen) atoms. The summed E-state index contributed by atoms with van der Waals surface area (Å²) in [5.41, 5.74) is 11.3. The molecule has 0 saturated carbocycles. The molecule has 6 heteroatoms. The Kier molecular flexibility index (Phi) is 5.00. The largest absolute Gasteiger partial charge is 0.444 e. The van der Waals surface area contributed by atoms with Crippen LogP contribution in [0.1, 0.15) is 37.5 Å². The lowest BCUT2D eigenvalue weighted by atomic mass is 10.0. The van der Waals surface area contributed by atoms with Crippen molar-refractivity contribution in [3.05, 3.63) is 39.3 Å². The molecule has 0 aliphatic carbocycles. The summed E-state index contributed by atoms with van der Waals surface area (Å²) >= 11 is 0. The van der Waals surface area contributed by atoms with Gasteiger partial charge < -0.3 is 4.74 Å². The minimum atomic E-state index is -0.546. The van der Waals surface area contributed by atoms with E-state index in [2.05, 4.69) is 15.3 Å². The van der Waals surface area contributed by atoms with Crippen molar-refractivity contribution in [3.63, 3.8) is 0 Å². The predicted molar refractivity (Wildman–Crippen MR) is 78.6 cm³/mol. The van der Waals surface area contributed by atoms with Crippen LogP contribution in [0.3, 0.4) is 0 Å². The van der Waals surface area contributed by atoms with Crippen LogP contribution in [0.5, 0.6) is 0 Å². The number of carbonyl (C=O) groups is 1. The van der Waals surface area contributed by atoms with Gasteiger partial charge in [-0.1, -0.05) is 11.2 Å². The van der Waals surface area contributed by atoms with Gasteiger partial charge in [0.25, 0.3) is 0 Å². The number of azide groups is 1. The predicted octanol–water partition coefficient (Wildman–Crippen LogP) is 4.46. The van der Waals surface area contributed by atoms with E-state index in [9.17, 15) is 4.79 Å². The SMILES string of the molecule is Cc1cc(CN=[N+]=[N-])cc(NC(=O)OC(C)(C)C)c1C. The van der Waals surface area contributed by atoms with E-state index in [1.54, 1.807) is 6.07 Å². The van der Waals surface area contributed by atoms with Gasteiger partial charge in [-0.15, -0.1) is 0 Å². The quantitative estimate of drug-likeness (QED) is 0.502. The first kappa shape index (κ1) is 15.9. The second kappa shape index (κ2) is 6.30. The van der Waals surface area contributed by atoms with Crippen LogP contribution in [0.2, 0.25) is 0 Å². The van der Waals surface area contributed by atoms with Crippen molar-refractivity contribution in [2.45, 2.75) is 46.8 Å². The molecule has 0 atom stereocenters. The van der Waals surface area contributed by atoms with E-state index >= 15 is 0 Å².